The Morgan fingerprint density at radius 3 is 1.63 bits per heavy atom. The van der Waals surface area contributed by atoms with Crippen LogP contribution in [0.1, 0.15) is 51.3 Å². The molecular weight excluding hydrogens is 372 g/mol. The summed E-state index contributed by atoms with van der Waals surface area (Å²) in [5.41, 5.74) is 3.11. The third-order valence-electron chi connectivity index (χ3n) is 5.28. The fourth-order valence-electron chi connectivity index (χ4n) is 3.50. The molecule has 0 heterocycles. The molecule has 0 N–H and O–H groups in total. The topological polar surface area (TPSA) is 35.5 Å². The largest absolute Gasteiger partial charge is 0.491 e. The fraction of sp³-hybridized carbons (Fsp3) is 0.296. The van der Waals surface area contributed by atoms with Crippen LogP contribution in [-0.4, -0.2) is 12.1 Å². The fourth-order valence-corrected chi connectivity index (χ4v) is 3.50. The minimum absolute atomic E-state index is 0.137. The van der Waals surface area contributed by atoms with E-state index in [0.29, 0.717) is 5.75 Å². The first-order valence-corrected chi connectivity index (χ1v) is 10.5. The smallest absolute Gasteiger partial charge is 0.313 e. The Balaban J connectivity index is 2.00. The van der Waals surface area contributed by atoms with Gasteiger partial charge in [0.05, 0.1) is 12.0 Å². The molecule has 0 amide bonds. The standard InChI is InChI=1S/C27H30O3/c1-19(2)26(28)30-25-17-13-23(14-18-25)27(5,21-9-7-6-8-10-21)22-11-15-24(16-12-22)29-20(3)4/h6-20H,1-5H3. The minimum atomic E-state index is -0.363. The van der Waals surface area contributed by atoms with Gasteiger partial charge < -0.3 is 9.47 Å². The summed E-state index contributed by atoms with van der Waals surface area (Å²) < 4.78 is 11.3. The van der Waals surface area contributed by atoms with Crippen molar-refractivity contribution in [2.24, 2.45) is 5.92 Å². The Hall–Kier alpha value is -3.07. The zero-order valence-electron chi connectivity index (χ0n) is 18.4. The monoisotopic (exact) mass is 402 g/mol. The predicted molar refractivity (Wildman–Crippen MR) is 121 cm³/mol. The van der Waals surface area contributed by atoms with E-state index < -0.39 is 0 Å². The first-order valence-electron chi connectivity index (χ1n) is 10.5. The summed E-state index contributed by atoms with van der Waals surface area (Å²) in [6.07, 6.45) is 0.137. The Morgan fingerprint density at radius 1 is 0.700 bits per heavy atom. The van der Waals surface area contributed by atoms with Gasteiger partial charge in [-0.25, -0.2) is 0 Å². The molecule has 0 radical (unpaired) electrons. The summed E-state index contributed by atoms with van der Waals surface area (Å²) in [6.45, 7) is 9.92. The molecule has 30 heavy (non-hydrogen) atoms. The van der Waals surface area contributed by atoms with Gasteiger partial charge >= 0.3 is 5.97 Å². The Labute approximate surface area is 179 Å². The van der Waals surface area contributed by atoms with Crippen molar-refractivity contribution in [1.29, 1.82) is 0 Å². The van der Waals surface area contributed by atoms with Crippen molar-refractivity contribution in [3.8, 4) is 11.5 Å². The number of carbonyl (C=O) groups excluding carboxylic acids is 1. The SMILES string of the molecule is CC(C)Oc1ccc(C(C)(c2ccccc2)c2ccc(OC(=O)C(C)C)cc2)cc1. The van der Waals surface area contributed by atoms with Gasteiger partial charge in [-0.3, -0.25) is 4.79 Å². The minimum Gasteiger partial charge on any atom is -0.491 e. The van der Waals surface area contributed by atoms with Crippen LogP contribution in [0.2, 0.25) is 0 Å². The summed E-state index contributed by atoms with van der Waals surface area (Å²) in [5.74, 6) is 1.04. The van der Waals surface area contributed by atoms with Crippen molar-refractivity contribution < 1.29 is 14.3 Å². The number of rotatable bonds is 7. The molecule has 3 aromatic carbocycles. The average Bonchev–Trinajstić information content (AvgIpc) is 2.74. The second-order valence-corrected chi connectivity index (χ2v) is 8.28. The molecule has 0 aliphatic rings. The molecule has 156 valence electrons. The molecule has 3 aromatic rings. The number of benzene rings is 3. The van der Waals surface area contributed by atoms with E-state index in [2.05, 4.69) is 43.3 Å². The number of carbonyl (C=O) groups is 1. The van der Waals surface area contributed by atoms with Gasteiger partial charge in [0.1, 0.15) is 11.5 Å². The van der Waals surface area contributed by atoms with Crippen LogP contribution in [0.4, 0.5) is 0 Å². The van der Waals surface area contributed by atoms with Crippen molar-refractivity contribution in [1.82, 2.24) is 0 Å². The lowest BCUT2D eigenvalue weighted by Gasteiger charge is -2.32. The number of ether oxygens (including phenoxy) is 2. The van der Waals surface area contributed by atoms with Gasteiger partial charge in [0.15, 0.2) is 0 Å². The number of esters is 1. The van der Waals surface area contributed by atoms with E-state index >= 15 is 0 Å². The first kappa shape index (κ1) is 21.6. The molecule has 0 aliphatic carbocycles. The van der Waals surface area contributed by atoms with Gasteiger partial charge in [-0.2, -0.15) is 0 Å². The van der Waals surface area contributed by atoms with Crippen molar-refractivity contribution in [2.45, 2.75) is 46.1 Å². The summed E-state index contributed by atoms with van der Waals surface area (Å²) in [4.78, 5) is 11.9. The zero-order valence-corrected chi connectivity index (χ0v) is 18.4. The van der Waals surface area contributed by atoms with Crippen molar-refractivity contribution >= 4 is 5.97 Å². The molecule has 0 saturated heterocycles. The molecule has 3 nitrogen and oxygen atoms in total. The van der Waals surface area contributed by atoms with Crippen LogP contribution in [-0.2, 0) is 10.2 Å². The summed E-state index contributed by atoms with van der Waals surface area (Å²) in [6, 6.07) is 26.5. The van der Waals surface area contributed by atoms with Gasteiger partial charge in [-0.15, -0.1) is 0 Å². The molecule has 3 rings (SSSR count). The van der Waals surface area contributed by atoms with Crippen molar-refractivity contribution in [3.63, 3.8) is 0 Å². The predicted octanol–water partition coefficient (Wildman–Crippen LogP) is 6.39. The second-order valence-electron chi connectivity index (χ2n) is 8.28. The number of hydrogen-bond acceptors (Lipinski definition) is 3. The average molecular weight is 403 g/mol. The maximum Gasteiger partial charge on any atom is 0.313 e. The van der Waals surface area contributed by atoms with Crippen LogP contribution < -0.4 is 9.47 Å². The van der Waals surface area contributed by atoms with Gasteiger partial charge in [0, 0.05) is 5.41 Å². The van der Waals surface area contributed by atoms with Crippen LogP contribution >= 0.6 is 0 Å². The molecule has 0 fully saturated rings. The first-order chi connectivity index (χ1) is 14.3. The van der Waals surface area contributed by atoms with Gasteiger partial charge in [-0.1, -0.05) is 68.4 Å². The van der Waals surface area contributed by atoms with Crippen LogP contribution in [0, 0.1) is 5.92 Å². The third kappa shape index (κ3) is 4.73. The Bertz CT molecular complexity index is 957. The van der Waals surface area contributed by atoms with E-state index in [4.69, 9.17) is 9.47 Å². The highest BCUT2D eigenvalue weighted by Crippen LogP contribution is 2.40. The highest BCUT2D eigenvalue weighted by molar-refractivity contribution is 5.74. The molecule has 1 unspecified atom stereocenters. The third-order valence-corrected chi connectivity index (χ3v) is 5.28. The molecule has 0 aliphatic heterocycles. The summed E-state index contributed by atoms with van der Waals surface area (Å²) >= 11 is 0. The lowest BCUT2D eigenvalue weighted by atomic mass is 9.71. The van der Waals surface area contributed by atoms with Crippen LogP contribution in [0.15, 0.2) is 78.9 Å². The summed E-state index contributed by atoms with van der Waals surface area (Å²) in [7, 11) is 0. The van der Waals surface area contributed by atoms with E-state index in [1.807, 2.05) is 70.2 Å². The lowest BCUT2D eigenvalue weighted by molar-refractivity contribution is -0.137. The lowest BCUT2D eigenvalue weighted by Crippen LogP contribution is -2.25. The van der Waals surface area contributed by atoms with Crippen LogP contribution in [0.5, 0.6) is 11.5 Å². The normalized spacial score (nSPS) is 13.2. The summed E-state index contributed by atoms with van der Waals surface area (Å²) in [5, 5.41) is 0. The highest BCUT2D eigenvalue weighted by Gasteiger charge is 2.31. The molecule has 0 bridgehead atoms. The van der Waals surface area contributed by atoms with Crippen molar-refractivity contribution in [3.05, 3.63) is 95.6 Å². The Morgan fingerprint density at radius 2 is 1.17 bits per heavy atom. The molecule has 1 atom stereocenters. The molecular formula is C27H30O3. The number of hydrogen-bond donors (Lipinski definition) is 0. The second kappa shape index (κ2) is 9.17. The quantitative estimate of drug-likeness (QED) is 0.261. The van der Waals surface area contributed by atoms with E-state index in [0.717, 1.165) is 16.9 Å². The molecule has 3 heteroatoms. The Kier molecular flexibility index (Phi) is 6.61. The van der Waals surface area contributed by atoms with Crippen LogP contribution in [0.25, 0.3) is 0 Å². The van der Waals surface area contributed by atoms with E-state index in [1.54, 1.807) is 0 Å². The van der Waals surface area contributed by atoms with Gasteiger partial charge in [0.25, 0.3) is 0 Å². The maximum atomic E-state index is 11.9. The van der Waals surface area contributed by atoms with Crippen molar-refractivity contribution in [2.75, 3.05) is 0 Å². The van der Waals surface area contributed by atoms with Crippen LogP contribution in [0.3, 0.4) is 0 Å². The molecule has 0 saturated carbocycles. The molecule has 0 aromatic heterocycles. The van der Waals surface area contributed by atoms with E-state index in [9.17, 15) is 4.79 Å². The van der Waals surface area contributed by atoms with E-state index in [1.165, 1.54) is 5.56 Å². The zero-order chi connectivity index (χ0) is 21.7. The van der Waals surface area contributed by atoms with Gasteiger partial charge in [-0.05, 0) is 61.7 Å². The van der Waals surface area contributed by atoms with Gasteiger partial charge in [0.2, 0.25) is 0 Å². The van der Waals surface area contributed by atoms with E-state index in [-0.39, 0.29) is 23.4 Å². The molecule has 0 spiro atoms. The highest BCUT2D eigenvalue weighted by atomic mass is 16.5. The maximum absolute atomic E-state index is 11.9.